The summed E-state index contributed by atoms with van der Waals surface area (Å²) in [6.45, 7) is 8.50. The second-order valence-electron chi connectivity index (χ2n) is 4.04. The largest absolute Gasteiger partial charge is 0.311 e. The summed E-state index contributed by atoms with van der Waals surface area (Å²) in [6.07, 6.45) is 0. The monoisotopic (exact) mass is 181 g/mol. The van der Waals surface area contributed by atoms with Crippen molar-refractivity contribution in [3.05, 3.63) is 17.0 Å². The van der Waals surface area contributed by atoms with Gasteiger partial charge in [-0.25, -0.2) is 0 Å². The fraction of sp³-hybridized carbons (Fsp3) is 0.700. The van der Waals surface area contributed by atoms with Crippen LogP contribution in [-0.2, 0) is 12.6 Å². The highest BCUT2D eigenvalue weighted by atomic mass is 15.3. The minimum Gasteiger partial charge on any atom is -0.311 e. The second-order valence-corrected chi connectivity index (χ2v) is 4.04. The molecule has 1 aromatic rings. The van der Waals surface area contributed by atoms with Crippen LogP contribution < -0.4 is 5.32 Å². The molecule has 1 rings (SSSR count). The van der Waals surface area contributed by atoms with Crippen LogP contribution in [0.4, 0.5) is 0 Å². The Labute approximate surface area is 80.1 Å². The lowest BCUT2D eigenvalue weighted by atomic mass is 9.93. The molecule has 0 unspecified atom stereocenters. The third kappa shape index (κ3) is 1.61. The predicted octanol–water partition coefficient (Wildman–Crippen LogP) is 1.49. The van der Waals surface area contributed by atoms with Crippen LogP contribution in [0.3, 0.4) is 0 Å². The van der Waals surface area contributed by atoms with Crippen LogP contribution in [0.5, 0.6) is 0 Å². The van der Waals surface area contributed by atoms with Crippen molar-refractivity contribution in [1.82, 2.24) is 15.1 Å². The van der Waals surface area contributed by atoms with Gasteiger partial charge in [-0.3, -0.25) is 4.68 Å². The van der Waals surface area contributed by atoms with Crippen molar-refractivity contribution < 1.29 is 0 Å². The first-order chi connectivity index (χ1) is 5.90. The highest BCUT2D eigenvalue weighted by Gasteiger charge is 2.25. The molecule has 0 atom stereocenters. The Morgan fingerprint density at radius 3 is 2.15 bits per heavy atom. The molecule has 0 saturated carbocycles. The summed E-state index contributed by atoms with van der Waals surface area (Å²) in [5, 5.41) is 7.70. The van der Waals surface area contributed by atoms with E-state index < -0.39 is 0 Å². The van der Waals surface area contributed by atoms with E-state index in [9.17, 15) is 0 Å². The Hall–Kier alpha value is -0.830. The highest BCUT2D eigenvalue weighted by molar-refractivity contribution is 5.31. The van der Waals surface area contributed by atoms with Crippen molar-refractivity contribution in [1.29, 1.82) is 0 Å². The van der Waals surface area contributed by atoms with Gasteiger partial charge < -0.3 is 5.32 Å². The van der Waals surface area contributed by atoms with E-state index in [2.05, 4.69) is 38.1 Å². The van der Waals surface area contributed by atoms with Crippen LogP contribution >= 0.6 is 0 Å². The van der Waals surface area contributed by atoms with E-state index in [0.717, 1.165) is 5.69 Å². The molecule has 0 saturated heterocycles. The third-order valence-corrected chi connectivity index (χ3v) is 2.76. The molecule has 1 heterocycles. The van der Waals surface area contributed by atoms with Gasteiger partial charge in [-0.05, 0) is 34.7 Å². The molecule has 0 aliphatic carbocycles. The molecule has 0 aromatic carbocycles. The maximum absolute atomic E-state index is 4.40. The topological polar surface area (TPSA) is 29.9 Å². The van der Waals surface area contributed by atoms with Crippen LogP contribution in [0.2, 0.25) is 0 Å². The third-order valence-electron chi connectivity index (χ3n) is 2.76. The summed E-state index contributed by atoms with van der Waals surface area (Å²) in [7, 11) is 3.96. The van der Waals surface area contributed by atoms with Gasteiger partial charge in [0.25, 0.3) is 0 Å². The first-order valence-electron chi connectivity index (χ1n) is 4.59. The molecule has 0 bridgehead atoms. The Bertz CT molecular complexity index is 310. The Morgan fingerprint density at radius 1 is 1.31 bits per heavy atom. The first kappa shape index (κ1) is 10.3. The molecular weight excluding hydrogens is 162 g/mol. The Balaban J connectivity index is 3.28. The normalized spacial score (nSPS) is 12.2. The van der Waals surface area contributed by atoms with E-state index in [1.807, 2.05) is 18.8 Å². The summed E-state index contributed by atoms with van der Waals surface area (Å²) in [4.78, 5) is 0. The molecule has 3 nitrogen and oxygen atoms in total. The van der Waals surface area contributed by atoms with Crippen molar-refractivity contribution >= 4 is 0 Å². The van der Waals surface area contributed by atoms with Gasteiger partial charge in [0.1, 0.15) is 0 Å². The van der Waals surface area contributed by atoms with E-state index in [4.69, 9.17) is 0 Å². The van der Waals surface area contributed by atoms with Gasteiger partial charge in [-0.15, -0.1) is 0 Å². The van der Waals surface area contributed by atoms with E-state index in [0.29, 0.717) is 0 Å². The molecule has 0 aliphatic rings. The SMILES string of the molecule is CNC(C)(C)c1c(C)nn(C)c1C. The molecule has 0 spiro atoms. The van der Waals surface area contributed by atoms with E-state index in [1.54, 1.807) is 0 Å². The van der Waals surface area contributed by atoms with Gasteiger partial charge in [0.05, 0.1) is 5.69 Å². The number of rotatable bonds is 2. The molecule has 0 radical (unpaired) electrons. The Kier molecular flexibility index (Phi) is 2.48. The number of hydrogen-bond donors (Lipinski definition) is 1. The summed E-state index contributed by atoms with van der Waals surface area (Å²) >= 11 is 0. The van der Waals surface area contributed by atoms with Crippen molar-refractivity contribution in [3.8, 4) is 0 Å². The predicted molar refractivity (Wildman–Crippen MR) is 54.8 cm³/mol. The first-order valence-corrected chi connectivity index (χ1v) is 4.59. The van der Waals surface area contributed by atoms with E-state index in [-0.39, 0.29) is 5.54 Å². The summed E-state index contributed by atoms with van der Waals surface area (Å²) in [5.74, 6) is 0. The van der Waals surface area contributed by atoms with E-state index >= 15 is 0 Å². The summed E-state index contributed by atoms with van der Waals surface area (Å²) in [6, 6.07) is 0. The maximum Gasteiger partial charge on any atom is 0.0646 e. The zero-order chi connectivity index (χ0) is 10.2. The van der Waals surface area contributed by atoms with Gasteiger partial charge in [0.15, 0.2) is 0 Å². The standard InChI is InChI=1S/C10H19N3/c1-7-9(10(3,4)11-5)8(2)13(6)12-7/h11H,1-6H3. The number of aryl methyl sites for hydroxylation is 2. The van der Waals surface area contributed by atoms with Gasteiger partial charge >= 0.3 is 0 Å². The molecular formula is C10H19N3. The molecule has 0 aliphatic heterocycles. The zero-order valence-corrected chi connectivity index (χ0v) is 9.39. The van der Waals surface area contributed by atoms with Crippen LogP contribution in [0.15, 0.2) is 0 Å². The molecule has 1 N–H and O–H groups in total. The van der Waals surface area contributed by atoms with Crippen LogP contribution in [0, 0.1) is 13.8 Å². The average molecular weight is 181 g/mol. The van der Waals surface area contributed by atoms with Crippen molar-refractivity contribution in [3.63, 3.8) is 0 Å². The van der Waals surface area contributed by atoms with Crippen molar-refractivity contribution in [2.24, 2.45) is 7.05 Å². The van der Waals surface area contributed by atoms with Gasteiger partial charge in [0.2, 0.25) is 0 Å². The molecule has 0 fully saturated rings. The minimum atomic E-state index is 0.00241. The number of nitrogens with one attached hydrogen (secondary N) is 1. The fourth-order valence-electron chi connectivity index (χ4n) is 1.80. The number of nitrogens with zero attached hydrogens (tertiary/aromatic N) is 2. The summed E-state index contributed by atoms with van der Waals surface area (Å²) < 4.78 is 1.93. The quantitative estimate of drug-likeness (QED) is 0.749. The average Bonchev–Trinajstić information content (AvgIpc) is 2.27. The molecule has 13 heavy (non-hydrogen) atoms. The van der Waals surface area contributed by atoms with Crippen molar-refractivity contribution in [2.45, 2.75) is 33.2 Å². The Morgan fingerprint density at radius 2 is 1.85 bits per heavy atom. The van der Waals surface area contributed by atoms with Crippen LogP contribution in [-0.4, -0.2) is 16.8 Å². The second kappa shape index (κ2) is 3.14. The fourth-order valence-corrected chi connectivity index (χ4v) is 1.80. The van der Waals surface area contributed by atoms with Crippen LogP contribution in [0.1, 0.15) is 30.8 Å². The lowest BCUT2D eigenvalue weighted by Gasteiger charge is -2.24. The minimum absolute atomic E-state index is 0.00241. The highest BCUT2D eigenvalue weighted by Crippen LogP contribution is 2.25. The molecule has 3 heteroatoms. The molecule has 0 amide bonds. The van der Waals surface area contributed by atoms with Crippen molar-refractivity contribution in [2.75, 3.05) is 7.05 Å². The maximum atomic E-state index is 4.40. The lowest BCUT2D eigenvalue weighted by Crippen LogP contribution is -2.34. The number of aromatic nitrogens is 2. The lowest BCUT2D eigenvalue weighted by molar-refractivity contribution is 0.439. The van der Waals surface area contributed by atoms with Gasteiger partial charge in [0, 0.05) is 23.8 Å². The summed E-state index contributed by atoms with van der Waals surface area (Å²) in [5.41, 5.74) is 3.65. The van der Waals surface area contributed by atoms with Gasteiger partial charge in [-0.2, -0.15) is 5.10 Å². The zero-order valence-electron chi connectivity index (χ0n) is 9.39. The van der Waals surface area contributed by atoms with E-state index in [1.165, 1.54) is 11.3 Å². The van der Waals surface area contributed by atoms with Crippen LogP contribution in [0.25, 0.3) is 0 Å². The van der Waals surface area contributed by atoms with Gasteiger partial charge in [-0.1, -0.05) is 0 Å². The molecule has 74 valence electrons. The smallest absolute Gasteiger partial charge is 0.0646 e. The number of hydrogen-bond acceptors (Lipinski definition) is 2. The molecule has 1 aromatic heterocycles.